The van der Waals surface area contributed by atoms with E-state index in [1.54, 1.807) is 24.4 Å². The summed E-state index contributed by atoms with van der Waals surface area (Å²) in [7, 11) is 0. The van der Waals surface area contributed by atoms with Crippen molar-refractivity contribution >= 4 is 57.3 Å². The monoisotopic (exact) mass is 324 g/mol. The first-order valence-corrected chi connectivity index (χ1v) is 7.04. The molecule has 20 heavy (non-hydrogen) atoms. The molecule has 0 bridgehead atoms. The van der Waals surface area contributed by atoms with Crippen molar-refractivity contribution in [3.05, 3.63) is 49.4 Å². The molecule has 1 aromatic carbocycles. The molecule has 5 nitrogen and oxygen atoms in total. The van der Waals surface area contributed by atoms with Crippen molar-refractivity contribution in [2.45, 2.75) is 0 Å². The fraction of sp³-hybridized carbons (Fsp3) is 0. The molecule has 3 rings (SSSR count). The van der Waals surface area contributed by atoms with Crippen LogP contribution in [0.3, 0.4) is 0 Å². The Morgan fingerprint density at radius 3 is 2.95 bits per heavy atom. The summed E-state index contributed by atoms with van der Waals surface area (Å²) >= 11 is 12.8. The molecule has 2 heterocycles. The number of rotatable bonds is 2. The van der Waals surface area contributed by atoms with Gasteiger partial charge in [-0.25, -0.2) is 9.97 Å². The van der Waals surface area contributed by atoms with Crippen LogP contribution in [0.2, 0.25) is 9.49 Å². The zero-order chi connectivity index (χ0) is 14.1. The maximum Gasteiger partial charge on any atom is 0.258 e. The molecular formula is C12H6Cl2N4OS. The summed E-state index contributed by atoms with van der Waals surface area (Å²) in [5, 5.41) is 1.34. The molecule has 0 radical (unpaired) electrons. The lowest BCUT2D eigenvalue weighted by molar-refractivity contribution is 1.17. The second-order valence-electron chi connectivity index (χ2n) is 3.81. The molecule has 0 amide bonds. The fourth-order valence-corrected chi connectivity index (χ4v) is 2.71. The van der Waals surface area contributed by atoms with E-state index in [1.807, 2.05) is 0 Å². The zero-order valence-electron chi connectivity index (χ0n) is 9.80. The number of H-pyrrole nitrogens is 1. The third-order valence-electron chi connectivity index (χ3n) is 2.51. The minimum absolute atomic E-state index is 0.201. The van der Waals surface area contributed by atoms with Crippen molar-refractivity contribution in [1.82, 2.24) is 15.0 Å². The Morgan fingerprint density at radius 1 is 1.35 bits per heavy atom. The van der Waals surface area contributed by atoms with Crippen LogP contribution in [0.25, 0.3) is 10.9 Å². The van der Waals surface area contributed by atoms with Crippen LogP contribution in [0.15, 0.2) is 34.3 Å². The number of aromatic nitrogens is 3. The summed E-state index contributed by atoms with van der Waals surface area (Å²) in [5.41, 5.74) is 1.04. The Morgan fingerprint density at radius 2 is 2.20 bits per heavy atom. The first kappa shape index (κ1) is 13.2. The van der Waals surface area contributed by atoms with Crippen LogP contribution < -0.4 is 5.56 Å². The second kappa shape index (κ2) is 5.32. The van der Waals surface area contributed by atoms with Crippen molar-refractivity contribution in [2.75, 3.05) is 0 Å². The van der Waals surface area contributed by atoms with Crippen LogP contribution in [0, 0.1) is 0 Å². The lowest BCUT2D eigenvalue weighted by atomic mass is 10.2. The molecule has 8 heteroatoms. The predicted molar refractivity (Wildman–Crippen MR) is 81.8 cm³/mol. The summed E-state index contributed by atoms with van der Waals surface area (Å²) in [6.07, 6.45) is 2.92. The molecule has 0 spiro atoms. The van der Waals surface area contributed by atoms with Crippen LogP contribution in [-0.4, -0.2) is 21.2 Å². The van der Waals surface area contributed by atoms with Gasteiger partial charge in [0.1, 0.15) is 9.34 Å². The Labute approximate surface area is 126 Å². The highest BCUT2D eigenvalue weighted by Crippen LogP contribution is 2.27. The van der Waals surface area contributed by atoms with E-state index in [0.29, 0.717) is 25.9 Å². The van der Waals surface area contributed by atoms with E-state index in [4.69, 9.17) is 23.2 Å². The Balaban J connectivity index is 1.98. The first-order chi connectivity index (χ1) is 9.63. The third-order valence-corrected chi connectivity index (χ3v) is 4.18. The van der Waals surface area contributed by atoms with Gasteiger partial charge in [0.2, 0.25) is 0 Å². The molecule has 0 unspecified atom stereocenters. The quantitative estimate of drug-likeness (QED) is 0.734. The second-order valence-corrected chi connectivity index (χ2v) is 5.80. The van der Waals surface area contributed by atoms with E-state index in [2.05, 4.69) is 19.9 Å². The summed E-state index contributed by atoms with van der Waals surface area (Å²) in [6.45, 7) is 0. The lowest BCUT2D eigenvalue weighted by Gasteiger charge is -1.96. The summed E-state index contributed by atoms with van der Waals surface area (Å²) in [4.78, 5) is 26.5. The van der Waals surface area contributed by atoms with Crippen molar-refractivity contribution < 1.29 is 0 Å². The molecule has 0 aliphatic carbocycles. The van der Waals surface area contributed by atoms with E-state index in [0.717, 1.165) is 0 Å². The molecule has 0 atom stereocenters. The molecule has 2 aromatic heterocycles. The van der Waals surface area contributed by atoms with E-state index >= 15 is 0 Å². The van der Waals surface area contributed by atoms with Crippen molar-refractivity contribution in [1.29, 1.82) is 0 Å². The largest absolute Gasteiger partial charge is 0.313 e. The van der Waals surface area contributed by atoms with E-state index in [-0.39, 0.29) is 10.7 Å². The zero-order valence-corrected chi connectivity index (χ0v) is 12.1. The van der Waals surface area contributed by atoms with Gasteiger partial charge < -0.3 is 4.98 Å². The Hall–Kier alpha value is -1.76. The van der Waals surface area contributed by atoms with Crippen LogP contribution in [0.1, 0.15) is 5.01 Å². The first-order valence-electron chi connectivity index (χ1n) is 5.47. The molecule has 0 fully saturated rings. The maximum absolute atomic E-state index is 11.7. The highest BCUT2D eigenvalue weighted by atomic mass is 35.5. The number of benzene rings is 1. The van der Waals surface area contributed by atoms with Gasteiger partial charge in [0.05, 0.1) is 29.1 Å². The van der Waals surface area contributed by atoms with Crippen LogP contribution in [0.5, 0.6) is 0 Å². The summed E-state index contributed by atoms with van der Waals surface area (Å²) in [5.74, 6) is 0. The number of nitrogens with zero attached hydrogens (tertiary/aromatic N) is 3. The van der Waals surface area contributed by atoms with Gasteiger partial charge in [-0.2, -0.15) is 0 Å². The normalized spacial score (nSPS) is 11.5. The number of nitrogens with one attached hydrogen (secondary N) is 1. The van der Waals surface area contributed by atoms with E-state index in [9.17, 15) is 4.79 Å². The van der Waals surface area contributed by atoms with Gasteiger partial charge in [0.15, 0.2) is 5.15 Å². The number of aromatic amines is 1. The summed E-state index contributed by atoms with van der Waals surface area (Å²) < 4.78 is 0.423. The number of aliphatic imine (C=N–C) groups is 1. The number of thiazole rings is 1. The number of halogens is 2. The van der Waals surface area contributed by atoms with Crippen molar-refractivity contribution in [2.24, 2.45) is 4.99 Å². The molecule has 0 saturated carbocycles. The maximum atomic E-state index is 11.7. The third kappa shape index (κ3) is 2.58. The number of hydrogen-bond acceptors (Lipinski definition) is 5. The molecule has 0 aliphatic rings. The topological polar surface area (TPSA) is 71.0 Å². The van der Waals surface area contributed by atoms with Gasteiger partial charge in [-0.1, -0.05) is 34.5 Å². The van der Waals surface area contributed by atoms with Crippen LogP contribution in [-0.2, 0) is 0 Å². The minimum atomic E-state index is -0.201. The average Bonchev–Trinajstić information content (AvgIpc) is 2.76. The molecule has 1 N–H and O–H groups in total. The summed E-state index contributed by atoms with van der Waals surface area (Å²) in [6, 6.07) is 5.16. The Kier molecular flexibility index (Phi) is 3.52. The lowest BCUT2D eigenvalue weighted by Crippen LogP contribution is -2.05. The van der Waals surface area contributed by atoms with Crippen LogP contribution >= 0.6 is 34.5 Å². The fourth-order valence-electron chi connectivity index (χ4n) is 1.62. The van der Waals surface area contributed by atoms with Gasteiger partial charge in [-0.05, 0) is 18.2 Å². The van der Waals surface area contributed by atoms with E-state index in [1.165, 1.54) is 17.7 Å². The highest BCUT2D eigenvalue weighted by Gasteiger charge is 2.05. The van der Waals surface area contributed by atoms with Gasteiger partial charge in [-0.15, -0.1) is 0 Å². The highest BCUT2D eigenvalue weighted by molar-refractivity contribution is 7.18. The molecular weight excluding hydrogens is 319 g/mol. The van der Waals surface area contributed by atoms with Crippen molar-refractivity contribution in [3.63, 3.8) is 0 Å². The van der Waals surface area contributed by atoms with Gasteiger partial charge >= 0.3 is 0 Å². The standard InChI is InChI=1S/C12H6Cl2N4OS/c13-10-11(14)20-9(18-10)4-15-6-1-2-8-7(3-6)12(19)17-5-16-8/h1-5H,(H,16,17,19). The van der Waals surface area contributed by atoms with Gasteiger partial charge in [0.25, 0.3) is 5.56 Å². The van der Waals surface area contributed by atoms with E-state index < -0.39 is 0 Å². The number of fused-ring (bicyclic) bond motifs is 1. The SMILES string of the molecule is O=c1[nH]cnc2ccc(N=Cc3nc(Cl)c(Cl)s3)cc12. The molecule has 3 aromatic rings. The molecule has 100 valence electrons. The number of hydrogen-bond donors (Lipinski definition) is 1. The average molecular weight is 325 g/mol. The van der Waals surface area contributed by atoms with Gasteiger partial charge in [-0.3, -0.25) is 9.79 Å². The van der Waals surface area contributed by atoms with Gasteiger partial charge in [0, 0.05) is 0 Å². The van der Waals surface area contributed by atoms with Crippen LogP contribution in [0.4, 0.5) is 5.69 Å². The Bertz CT molecular complexity index is 852. The minimum Gasteiger partial charge on any atom is -0.313 e. The smallest absolute Gasteiger partial charge is 0.258 e. The predicted octanol–water partition coefficient (Wildman–Crippen LogP) is 3.44. The molecule has 0 saturated heterocycles. The van der Waals surface area contributed by atoms with Crippen molar-refractivity contribution in [3.8, 4) is 0 Å². The molecule has 0 aliphatic heterocycles.